The zero-order chi connectivity index (χ0) is 13.1. The molecule has 1 aromatic rings. The molecular formula is C10H6F3NO2S. The van der Waals surface area contributed by atoms with Gasteiger partial charge in [0.25, 0.3) is 0 Å². The van der Waals surface area contributed by atoms with Crippen LogP contribution in [0.25, 0.3) is 0 Å². The molecule has 0 bridgehead atoms. The first kappa shape index (κ1) is 13.4. The minimum absolute atomic E-state index is 0.0944. The van der Waals surface area contributed by atoms with Crippen molar-refractivity contribution in [2.45, 2.75) is 10.4 Å². The monoisotopic (exact) mass is 261 g/mol. The molecule has 90 valence electrons. The van der Waals surface area contributed by atoms with Crippen molar-refractivity contribution in [2.24, 2.45) is 0 Å². The summed E-state index contributed by atoms with van der Waals surface area (Å²) in [5.41, 5.74) is -4.68. The van der Waals surface area contributed by atoms with E-state index in [1.54, 1.807) is 6.07 Å². The molecule has 0 aromatic heterocycles. The van der Waals surface area contributed by atoms with Crippen LogP contribution in [0.2, 0.25) is 0 Å². The van der Waals surface area contributed by atoms with Crippen LogP contribution in [-0.4, -0.2) is 18.6 Å². The molecule has 0 saturated carbocycles. The van der Waals surface area contributed by atoms with Crippen LogP contribution in [0.1, 0.15) is 15.9 Å². The molecule has 0 spiro atoms. The number of nitriles is 1. The highest BCUT2D eigenvalue weighted by molar-refractivity contribution is 8.00. The number of hydrogen-bond acceptors (Lipinski definition) is 4. The molecule has 0 fully saturated rings. The number of esters is 1. The third-order valence-corrected chi connectivity index (χ3v) is 2.55. The molecule has 7 heteroatoms. The molecular weight excluding hydrogens is 255 g/mol. The van der Waals surface area contributed by atoms with Crippen molar-refractivity contribution in [1.82, 2.24) is 0 Å². The minimum Gasteiger partial charge on any atom is -0.465 e. The Balaban J connectivity index is 3.21. The van der Waals surface area contributed by atoms with Gasteiger partial charge in [0.05, 0.1) is 24.3 Å². The number of carbonyl (C=O) groups excluding carboxylic acids is 1. The van der Waals surface area contributed by atoms with E-state index in [1.165, 1.54) is 6.07 Å². The SMILES string of the molecule is COC(=O)c1cc(C#N)ccc1SC(F)(F)F. The second-order valence-corrected chi connectivity index (χ2v) is 3.97. The van der Waals surface area contributed by atoms with E-state index >= 15 is 0 Å². The fourth-order valence-corrected chi connectivity index (χ4v) is 1.72. The second kappa shape index (κ2) is 5.10. The Labute approximate surface area is 99.2 Å². The Morgan fingerprint density at radius 3 is 2.59 bits per heavy atom. The van der Waals surface area contributed by atoms with Gasteiger partial charge in [0, 0.05) is 4.90 Å². The maximum Gasteiger partial charge on any atom is 0.446 e. The van der Waals surface area contributed by atoms with E-state index in [4.69, 9.17) is 5.26 Å². The summed E-state index contributed by atoms with van der Waals surface area (Å²) in [6.07, 6.45) is 0. The first-order valence-corrected chi connectivity index (χ1v) is 5.07. The van der Waals surface area contributed by atoms with Gasteiger partial charge >= 0.3 is 11.5 Å². The van der Waals surface area contributed by atoms with Gasteiger partial charge in [-0.1, -0.05) is 0 Å². The third-order valence-electron chi connectivity index (χ3n) is 1.74. The maximum absolute atomic E-state index is 12.2. The van der Waals surface area contributed by atoms with Gasteiger partial charge in [-0.05, 0) is 30.0 Å². The summed E-state index contributed by atoms with van der Waals surface area (Å²) in [6.45, 7) is 0. The lowest BCUT2D eigenvalue weighted by Gasteiger charge is -2.09. The van der Waals surface area contributed by atoms with Gasteiger partial charge in [0.2, 0.25) is 0 Å². The molecule has 0 radical (unpaired) electrons. The lowest BCUT2D eigenvalue weighted by molar-refractivity contribution is -0.0328. The van der Waals surface area contributed by atoms with Crippen LogP contribution in [0.15, 0.2) is 23.1 Å². The highest BCUT2D eigenvalue weighted by atomic mass is 32.2. The van der Waals surface area contributed by atoms with Crippen molar-refractivity contribution < 1.29 is 22.7 Å². The van der Waals surface area contributed by atoms with Gasteiger partial charge in [-0.2, -0.15) is 18.4 Å². The van der Waals surface area contributed by atoms with Gasteiger partial charge in [-0.3, -0.25) is 0 Å². The van der Waals surface area contributed by atoms with Gasteiger partial charge in [-0.25, -0.2) is 4.79 Å². The van der Waals surface area contributed by atoms with E-state index < -0.39 is 23.2 Å². The first-order chi connectivity index (χ1) is 7.87. The Kier molecular flexibility index (Phi) is 4.02. The molecule has 0 aliphatic heterocycles. The fourth-order valence-electron chi connectivity index (χ4n) is 1.08. The first-order valence-electron chi connectivity index (χ1n) is 4.25. The molecule has 0 aliphatic carbocycles. The summed E-state index contributed by atoms with van der Waals surface area (Å²) in [4.78, 5) is 11.0. The number of nitrogens with zero attached hydrogens (tertiary/aromatic N) is 1. The predicted molar refractivity (Wildman–Crippen MR) is 54.4 cm³/mol. The van der Waals surface area contributed by atoms with Gasteiger partial charge in [0.15, 0.2) is 0 Å². The number of benzene rings is 1. The van der Waals surface area contributed by atoms with E-state index in [1.807, 2.05) is 0 Å². The van der Waals surface area contributed by atoms with Crippen LogP contribution >= 0.6 is 11.8 Å². The average Bonchev–Trinajstić information content (AvgIpc) is 2.26. The quantitative estimate of drug-likeness (QED) is 0.606. The van der Waals surface area contributed by atoms with E-state index in [0.29, 0.717) is 0 Å². The maximum atomic E-state index is 12.2. The molecule has 0 saturated heterocycles. The number of carbonyl (C=O) groups is 1. The smallest absolute Gasteiger partial charge is 0.446 e. The molecule has 3 nitrogen and oxygen atoms in total. The topological polar surface area (TPSA) is 50.1 Å². The van der Waals surface area contributed by atoms with Crippen molar-refractivity contribution >= 4 is 17.7 Å². The summed E-state index contributed by atoms with van der Waals surface area (Å²) in [7, 11) is 1.06. The molecule has 0 amide bonds. The molecule has 1 rings (SSSR count). The summed E-state index contributed by atoms with van der Waals surface area (Å²) >= 11 is -0.420. The lowest BCUT2D eigenvalue weighted by Crippen LogP contribution is -2.07. The van der Waals surface area contributed by atoms with Crippen molar-refractivity contribution in [3.63, 3.8) is 0 Å². The van der Waals surface area contributed by atoms with Crippen LogP contribution in [-0.2, 0) is 4.74 Å². The summed E-state index contributed by atoms with van der Waals surface area (Å²) in [5, 5.41) is 8.61. The predicted octanol–water partition coefficient (Wildman–Crippen LogP) is 2.96. The molecule has 1 aromatic carbocycles. The molecule has 0 unspecified atom stereocenters. The number of rotatable bonds is 2. The molecule has 0 aliphatic rings. The van der Waals surface area contributed by atoms with Crippen LogP contribution in [0, 0.1) is 11.3 Å². The Morgan fingerprint density at radius 2 is 2.12 bits per heavy atom. The number of halogens is 3. The van der Waals surface area contributed by atoms with E-state index in [-0.39, 0.29) is 16.0 Å². The number of alkyl halides is 3. The van der Waals surface area contributed by atoms with E-state index in [2.05, 4.69) is 4.74 Å². The minimum atomic E-state index is -4.50. The number of methoxy groups -OCH3 is 1. The molecule has 0 atom stereocenters. The van der Waals surface area contributed by atoms with Gasteiger partial charge < -0.3 is 4.74 Å². The zero-order valence-electron chi connectivity index (χ0n) is 8.54. The van der Waals surface area contributed by atoms with Crippen LogP contribution in [0.5, 0.6) is 0 Å². The van der Waals surface area contributed by atoms with Gasteiger partial charge in [-0.15, -0.1) is 0 Å². The molecule has 17 heavy (non-hydrogen) atoms. The second-order valence-electron chi connectivity index (χ2n) is 2.86. The van der Waals surface area contributed by atoms with E-state index in [0.717, 1.165) is 19.2 Å². The van der Waals surface area contributed by atoms with Crippen LogP contribution in [0.4, 0.5) is 13.2 Å². The zero-order valence-corrected chi connectivity index (χ0v) is 9.35. The van der Waals surface area contributed by atoms with Gasteiger partial charge in [0.1, 0.15) is 0 Å². The number of hydrogen-bond donors (Lipinski definition) is 0. The summed E-state index contributed by atoms with van der Waals surface area (Å²) < 4.78 is 41.0. The van der Waals surface area contributed by atoms with Crippen LogP contribution in [0.3, 0.4) is 0 Å². The Morgan fingerprint density at radius 1 is 1.47 bits per heavy atom. The summed E-state index contributed by atoms with van der Waals surface area (Å²) in [6, 6.07) is 5.09. The highest BCUT2D eigenvalue weighted by Crippen LogP contribution is 2.38. The van der Waals surface area contributed by atoms with Crippen molar-refractivity contribution in [2.75, 3.05) is 7.11 Å². The van der Waals surface area contributed by atoms with Crippen molar-refractivity contribution in [1.29, 1.82) is 5.26 Å². The summed E-state index contributed by atoms with van der Waals surface area (Å²) in [5.74, 6) is -0.908. The normalized spacial score (nSPS) is 10.8. The lowest BCUT2D eigenvalue weighted by atomic mass is 10.1. The Hall–Kier alpha value is -1.68. The fraction of sp³-hybridized carbons (Fsp3) is 0.200. The highest BCUT2D eigenvalue weighted by Gasteiger charge is 2.31. The number of ether oxygens (including phenoxy) is 1. The average molecular weight is 261 g/mol. The largest absolute Gasteiger partial charge is 0.465 e. The van der Waals surface area contributed by atoms with Crippen molar-refractivity contribution in [3.05, 3.63) is 29.3 Å². The standard InChI is InChI=1S/C10H6F3NO2S/c1-16-9(15)7-4-6(5-14)2-3-8(7)17-10(11,12)13/h2-4H,1H3. The third kappa shape index (κ3) is 3.67. The number of thioether (sulfide) groups is 1. The Bertz CT molecular complexity index is 479. The molecule has 0 heterocycles. The molecule has 0 N–H and O–H groups in total. The van der Waals surface area contributed by atoms with Crippen molar-refractivity contribution in [3.8, 4) is 6.07 Å². The van der Waals surface area contributed by atoms with Crippen LogP contribution < -0.4 is 0 Å². The van der Waals surface area contributed by atoms with E-state index in [9.17, 15) is 18.0 Å².